The quantitative estimate of drug-likeness (QED) is 0.409. The first-order chi connectivity index (χ1) is 5.41. The number of nitrogens with zero attached hydrogens (tertiary/aromatic N) is 2. The number of aromatic nitrogens is 2. The van der Waals surface area contributed by atoms with E-state index in [1.54, 1.807) is 6.92 Å². The summed E-state index contributed by atoms with van der Waals surface area (Å²) in [5.41, 5.74) is 0.255. The Kier molecular flexibility index (Phi) is 4.47. The summed E-state index contributed by atoms with van der Waals surface area (Å²) in [6.07, 6.45) is 1.09. The van der Waals surface area contributed by atoms with E-state index in [-0.39, 0.29) is 41.6 Å². The maximum absolute atomic E-state index is 10.6. The second kappa shape index (κ2) is 4.47. The fourth-order valence-corrected chi connectivity index (χ4v) is 1.43. The fraction of sp³-hybridized carbons (Fsp3) is 0.333. The van der Waals surface area contributed by atoms with Crippen molar-refractivity contribution in [2.24, 2.45) is 0 Å². The summed E-state index contributed by atoms with van der Waals surface area (Å²) in [5, 5.41) is 0. The molecule has 0 bridgehead atoms. The van der Waals surface area contributed by atoms with Crippen molar-refractivity contribution in [2.45, 2.75) is 18.7 Å². The van der Waals surface area contributed by atoms with E-state index >= 15 is 0 Å². The van der Waals surface area contributed by atoms with Gasteiger partial charge in [-0.15, -0.1) is 0 Å². The summed E-state index contributed by atoms with van der Waals surface area (Å²) in [5.74, 6) is 0.472. The van der Waals surface area contributed by atoms with Gasteiger partial charge in [0.2, 0.25) is 0 Å². The molecule has 1 N–H and O–H groups in total. The summed E-state index contributed by atoms with van der Waals surface area (Å²) in [6.45, 7) is 3.14. The number of hydrogen-bond acceptors (Lipinski definition) is 4. The van der Waals surface area contributed by atoms with E-state index in [4.69, 9.17) is 4.55 Å². The fourth-order valence-electron chi connectivity index (χ4n) is 0.825. The monoisotopic (exact) mass is 212 g/mol. The topological polar surface area (TPSA) is 80.2 Å². The molecule has 0 aliphatic carbocycles. The average Bonchev–Trinajstić information content (AvgIpc) is 1.83. The van der Waals surface area contributed by atoms with Crippen LogP contribution < -0.4 is 29.6 Å². The Morgan fingerprint density at radius 2 is 2.00 bits per heavy atom. The summed E-state index contributed by atoms with van der Waals surface area (Å²) in [4.78, 5) is 7.20. The minimum atomic E-state index is -4.18. The minimum Gasteiger partial charge on any atom is -1.00 e. The zero-order valence-corrected chi connectivity index (χ0v) is 10.5. The van der Waals surface area contributed by atoms with Crippen LogP contribution in [0, 0.1) is 13.8 Å². The molecule has 0 fully saturated rings. The predicted molar refractivity (Wildman–Crippen MR) is 42.4 cm³/mol. The molecule has 5 nitrogen and oxygen atoms in total. The van der Waals surface area contributed by atoms with E-state index in [1.165, 1.54) is 6.92 Å². The summed E-state index contributed by atoms with van der Waals surface area (Å²) < 4.78 is 29.9. The van der Waals surface area contributed by atoms with Gasteiger partial charge < -0.3 is 1.43 Å². The van der Waals surface area contributed by atoms with Crippen molar-refractivity contribution in [3.63, 3.8) is 0 Å². The second-order valence-electron chi connectivity index (χ2n) is 2.34. The van der Waals surface area contributed by atoms with Crippen LogP contribution in [0.3, 0.4) is 0 Å². The van der Waals surface area contributed by atoms with Crippen LogP contribution in [-0.4, -0.2) is 22.9 Å². The third-order valence-corrected chi connectivity index (χ3v) is 2.29. The van der Waals surface area contributed by atoms with E-state index in [2.05, 4.69) is 9.97 Å². The molecule has 68 valence electrons. The molecule has 0 radical (unpaired) electrons. The molecule has 1 aromatic rings. The molecule has 0 unspecified atom stereocenters. The third kappa shape index (κ3) is 3.32. The Hall–Kier alpha value is -0.0100. The largest absolute Gasteiger partial charge is 1.00 e. The van der Waals surface area contributed by atoms with Gasteiger partial charge in [-0.2, -0.15) is 8.42 Å². The van der Waals surface area contributed by atoms with Crippen molar-refractivity contribution in [3.05, 3.63) is 17.7 Å². The van der Waals surface area contributed by atoms with E-state index in [0.29, 0.717) is 5.82 Å². The normalized spacial score (nSPS) is 10.7. The minimum absolute atomic E-state index is 0. The van der Waals surface area contributed by atoms with Gasteiger partial charge >= 0.3 is 29.6 Å². The number of hydrogen-bond donors (Lipinski definition) is 1. The Balaban J connectivity index is 0. The van der Waals surface area contributed by atoms with Crippen LogP contribution >= 0.6 is 0 Å². The van der Waals surface area contributed by atoms with Gasteiger partial charge in [-0.1, -0.05) is 0 Å². The van der Waals surface area contributed by atoms with Crippen LogP contribution in [0.4, 0.5) is 0 Å². The van der Waals surface area contributed by atoms with Gasteiger partial charge in [0.05, 0.1) is 11.9 Å². The molecule has 0 atom stereocenters. The summed E-state index contributed by atoms with van der Waals surface area (Å²) >= 11 is 0. The van der Waals surface area contributed by atoms with Crippen molar-refractivity contribution >= 4 is 10.1 Å². The van der Waals surface area contributed by atoms with Gasteiger partial charge in [0, 0.05) is 0 Å². The first-order valence-corrected chi connectivity index (χ1v) is 4.63. The van der Waals surface area contributed by atoms with E-state index in [9.17, 15) is 8.42 Å². The van der Waals surface area contributed by atoms with E-state index in [0.717, 1.165) is 6.20 Å². The van der Waals surface area contributed by atoms with Crippen molar-refractivity contribution in [2.75, 3.05) is 0 Å². The van der Waals surface area contributed by atoms with Crippen LogP contribution in [0.2, 0.25) is 0 Å². The van der Waals surface area contributed by atoms with Crippen molar-refractivity contribution in [1.82, 2.24) is 9.97 Å². The Morgan fingerprint density at radius 1 is 1.46 bits per heavy atom. The van der Waals surface area contributed by atoms with Gasteiger partial charge in [0.1, 0.15) is 10.7 Å². The van der Waals surface area contributed by atoms with E-state index in [1.807, 2.05) is 0 Å². The number of aryl methyl sites for hydroxylation is 2. The average molecular weight is 212 g/mol. The molecule has 1 rings (SSSR count). The molecule has 0 aliphatic heterocycles. The smallest absolute Gasteiger partial charge is 1.00 e. The van der Waals surface area contributed by atoms with Gasteiger partial charge in [0.15, 0.2) is 0 Å². The van der Waals surface area contributed by atoms with Crippen molar-refractivity contribution < 1.29 is 44.0 Å². The first kappa shape index (κ1) is 13.0. The maximum atomic E-state index is 10.6. The molecular formula is C6H9N2NaO3S. The van der Waals surface area contributed by atoms with E-state index < -0.39 is 10.1 Å². The molecule has 1 aromatic heterocycles. The van der Waals surface area contributed by atoms with Gasteiger partial charge in [0.25, 0.3) is 10.1 Å². The molecule has 0 saturated heterocycles. The molecule has 0 spiro atoms. The molecule has 0 saturated carbocycles. The van der Waals surface area contributed by atoms with Crippen molar-refractivity contribution in [1.29, 1.82) is 0 Å². The second-order valence-corrected chi connectivity index (χ2v) is 3.73. The maximum Gasteiger partial charge on any atom is 1.00 e. The first-order valence-electron chi connectivity index (χ1n) is 3.19. The Morgan fingerprint density at radius 3 is 2.38 bits per heavy atom. The SMILES string of the molecule is Cc1ncc(S(=O)(=O)O)c(C)n1.[H-].[Na+]. The van der Waals surface area contributed by atoms with Crippen LogP contribution in [-0.2, 0) is 10.1 Å². The molecule has 13 heavy (non-hydrogen) atoms. The van der Waals surface area contributed by atoms with Crippen LogP contribution in [0.5, 0.6) is 0 Å². The molecule has 0 amide bonds. The van der Waals surface area contributed by atoms with Gasteiger partial charge in [-0.3, -0.25) is 4.55 Å². The number of rotatable bonds is 1. The van der Waals surface area contributed by atoms with Gasteiger partial charge in [-0.25, -0.2) is 9.97 Å². The van der Waals surface area contributed by atoms with Crippen LogP contribution in [0.1, 0.15) is 12.9 Å². The standard InChI is InChI=1S/C6H8N2O3S.Na.H/c1-4-6(12(9,10)11)3-7-5(2)8-4;;/h3H,1-2H3,(H,9,10,11);;/q;+1;-1. The summed E-state index contributed by atoms with van der Waals surface area (Å²) in [6, 6.07) is 0. The zero-order chi connectivity index (χ0) is 9.35. The Bertz CT molecular complexity index is 410. The van der Waals surface area contributed by atoms with Crippen LogP contribution in [0.25, 0.3) is 0 Å². The molecule has 1 heterocycles. The molecule has 0 aromatic carbocycles. The summed E-state index contributed by atoms with van der Waals surface area (Å²) in [7, 11) is -4.18. The van der Waals surface area contributed by atoms with Crippen LogP contribution in [0.15, 0.2) is 11.1 Å². The third-order valence-electron chi connectivity index (χ3n) is 1.33. The molecule has 7 heteroatoms. The van der Waals surface area contributed by atoms with Crippen molar-refractivity contribution in [3.8, 4) is 0 Å². The van der Waals surface area contributed by atoms with Gasteiger partial charge in [-0.05, 0) is 13.8 Å². The predicted octanol–water partition coefficient (Wildman–Crippen LogP) is -2.54. The molecule has 0 aliphatic rings. The molecular weight excluding hydrogens is 203 g/mol. The Labute approximate surface area is 100 Å². The zero-order valence-electron chi connectivity index (χ0n) is 8.64.